The van der Waals surface area contributed by atoms with Gasteiger partial charge < -0.3 is 19.5 Å². The molecule has 0 saturated heterocycles. The lowest BCUT2D eigenvalue weighted by Gasteiger charge is -2.06. The first-order valence-electron chi connectivity index (χ1n) is 6.57. The number of imidazole rings is 1. The van der Waals surface area contributed by atoms with E-state index in [1.54, 1.807) is 6.20 Å². The smallest absolute Gasteiger partial charge is 0.204 e. The summed E-state index contributed by atoms with van der Waals surface area (Å²) in [5, 5.41) is 0.875. The monoisotopic (exact) mass is 301 g/mol. The first-order chi connectivity index (χ1) is 10.2. The largest absolute Gasteiger partial charge is 0.488 e. The molecule has 0 amide bonds. The van der Waals surface area contributed by atoms with Crippen molar-refractivity contribution in [3.05, 3.63) is 48.2 Å². The number of hydrogen-bond donors (Lipinski definition) is 1. The van der Waals surface area contributed by atoms with E-state index >= 15 is 0 Å². The lowest BCUT2D eigenvalue weighted by molar-refractivity contribution is 0.315. The lowest BCUT2D eigenvalue weighted by Crippen LogP contribution is -2.12. The molecule has 3 rings (SSSR count). The van der Waals surface area contributed by atoms with Crippen molar-refractivity contribution in [2.75, 3.05) is 6.61 Å². The Kier molecular flexibility index (Phi) is 3.62. The van der Waals surface area contributed by atoms with Crippen molar-refractivity contribution in [1.82, 2.24) is 9.55 Å². The van der Waals surface area contributed by atoms with E-state index in [9.17, 15) is 0 Å². The van der Waals surface area contributed by atoms with Crippen molar-refractivity contribution in [1.29, 1.82) is 0 Å². The normalized spacial score (nSPS) is 10.9. The van der Waals surface area contributed by atoms with Crippen molar-refractivity contribution in [3.8, 4) is 5.75 Å². The molecule has 108 valence electrons. The van der Waals surface area contributed by atoms with Crippen LogP contribution in [0.3, 0.4) is 0 Å². The van der Waals surface area contributed by atoms with E-state index in [4.69, 9.17) is 27.1 Å². The molecule has 5 nitrogen and oxygen atoms in total. The number of nitrogens with two attached hydrogens (primary N) is 1. The summed E-state index contributed by atoms with van der Waals surface area (Å²) in [5.41, 5.74) is 6.43. The predicted molar refractivity (Wildman–Crippen MR) is 84.5 cm³/mol. The molecule has 2 aromatic heterocycles. The third kappa shape index (κ3) is 2.62. The SMILES string of the molecule is Cn1ccnc1CCOc1c(C(N)=S)oc2ccccc12. The van der Waals surface area contributed by atoms with Crippen LogP contribution in [0.1, 0.15) is 11.6 Å². The van der Waals surface area contributed by atoms with Crippen molar-refractivity contribution < 1.29 is 9.15 Å². The molecule has 1 aromatic carbocycles. The number of hydrogen-bond acceptors (Lipinski definition) is 4. The van der Waals surface area contributed by atoms with E-state index in [0.29, 0.717) is 30.1 Å². The van der Waals surface area contributed by atoms with Gasteiger partial charge in [-0.1, -0.05) is 24.4 Å². The van der Waals surface area contributed by atoms with Crippen LogP contribution in [-0.2, 0) is 13.5 Å². The number of thiocarbonyl (C=S) groups is 1. The number of furan rings is 1. The average Bonchev–Trinajstić information content (AvgIpc) is 3.04. The summed E-state index contributed by atoms with van der Waals surface area (Å²) in [6.07, 6.45) is 4.37. The Morgan fingerprint density at radius 2 is 2.24 bits per heavy atom. The van der Waals surface area contributed by atoms with Gasteiger partial charge in [-0.25, -0.2) is 4.98 Å². The molecule has 0 spiro atoms. The molecule has 0 unspecified atom stereocenters. The van der Waals surface area contributed by atoms with E-state index < -0.39 is 0 Å². The molecule has 0 radical (unpaired) electrons. The number of aryl methyl sites for hydroxylation is 1. The molecule has 0 saturated carbocycles. The Morgan fingerprint density at radius 1 is 1.43 bits per heavy atom. The fraction of sp³-hybridized carbons (Fsp3) is 0.200. The van der Waals surface area contributed by atoms with Crippen LogP contribution < -0.4 is 10.5 Å². The summed E-state index contributed by atoms with van der Waals surface area (Å²) in [5.74, 6) is 1.98. The minimum atomic E-state index is 0.193. The Hall–Kier alpha value is -2.34. The number of para-hydroxylation sites is 1. The number of benzene rings is 1. The second-order valence-corrected chi connectivity index (χ2v) is 5.11. The second-order valence-electron chi connectivity index (χ2n) is 4.67. The van der Waals surface area contributed by atoms with Gasteiger partial charge in [0, 0.05) is 25.9 Å². The topological polar surface area (TPSA) is 66.2 Å². The summed E-state index contributed by atoms with van der Waals surface area (Å²) in [4.78, 5) is 4.46. The highest BCUT2D eigenvalue weighted by Gasteiger charge is 2.17. The third-order valence-electron chi connectivity index (χ3n) is 3.27. The molecular weight excluding hydrogens is 286 g/mol. The van der Waals surface area contributed by atoms with Gasteiger partial charge in [0.2, 0.25) is 5.76 Å². The Morgan fingerprint density at radius 3 is 2.95 bits per heavy atom. The molecule has 0 aliphatic carbocycles. The lowest BCUT2D eigenvalue weighted by atomic mass is 10.2. The Labute approximate surface area is 127 Å². The fourth-order valence-electron chi connectivity index (χ4n) is 2.21. The highest BCUT2D eigenvalue weighted by molar-refractivity contribution is 7.80. The van der Waals surface area contributed by atoms with Gasteiger partial charge in [-0.3, -0.25) is 0 Å². The molecule has 3 aromatic rings. The molecule has 0 fully saturated rings. The maximum Gasteiger partial charge on any atom is 0.204 e. The molecule has 2 heterocycles. The van der Waals surface area contributed by atoms with Crippen LogP contribution in [0.2, 0.25) is 0 Å². The minimum absolute atomic E-state index is 0.193. The Bertz CT molecular complexity index is 791. The highest BCUT2D eigenvalue weighted by atomic mass is 32.1. The van der Waals surface area contributed by atoms with Crippen molar-refractivity contribution >= 4 is 28.2 Å². The first kappa shape index (κ1) is 13.6. The van der Waals surface area contributed by atoms with Crippen LogP contribution in [0, 0.1) is 0 Å². The summed E-state index contributed by atoms with van der Waals surface area (Å²) in [6.45, 7) is 0.476. The first-order valence-corrected chi connectivity index (χ1v) is 6.98. The maximum atomic E-state index is 5.87. The van der Waals surface area contributed by atoms with Crippen molar-refractivity contribution in [3.63, 3.8) is 0 Å². The van der Waals surface area contributed by atoms with Crippen molar-refractivity contribution in [2.45, 2.75) is 6.42 Å². The van der Waals surface area contributed by atoms with Gasteiger partial charge in [-0.15, -0.1) is 0 Å². The van der Waals surface area contributed by atoms with Gasteiger partial charge in [0.15, 0.2) is 5.75 Å². The summed E-state index contributed by atoms with van der Waals surface area (Å²) in [7, 11) is 1.95. The number of aromatic nitrogens is 2. The zero-order chi connectivity index (χ0) is 14.8. The van der Waals surface area contributed by atoms with Crippen LogP contribution in [0.25, 0.3) is 11.0 Å². The van der Waals surface area contributed by atoms with Crippen LogP contribution in [0.5, 0.6) is 5.75 Å². The van der Waals surface area contributed by atoms with E-state index in [0.717, 1.165) is 11.2 Å². The van der Waals surface area contributed by atoms with Gasteiger partial charge in [0.05, 0.1) is 12.0 Å². The minimum Gasteiger partial charge on any atom is -0.488 e. The van der Waals surface area contributed by atoms with Crippen LogP contribution in [-0.4, -0.2) is 21.1 Å². The molecule has 0 bridgehead atoms. The molecule has 0 aliphatic heterocycles. The number of fused-ring (bicyclic) bond motifs is 1. The summed E-state index contributed by atoms with van der Waals surface area (Å²) >= 11 is 5.03. The summed E-state index contributed by atoms with van der Waals surface area (Å²) in [6, 6.07) is 7.61. The third-order valence-corrected chi connectivity index (χ3v) is 3.45. The van der Waals surface area contributed by atoms with E-state index in [2.05, 4.69) is 4.98 Å². The zero-order valence-corrected chi connectivity index (χ0v) is 12.4. The maximum absolute atomic E-state index is 5.87. The van der Waals surface area contributed by atoms with E-state index in [1.807, 2.05) is 42.1 Å². The van der Waals surface area contributed by atoms with Crippen molar-refractivity contribution in [2.24, 2.45) is 12.8 Å². The quantitative estimate of drug-likeness (QED) is 0.733. The van der Waals surface area contributed by atoms with Gasteiger partial charge >= 0.3 is 0 Å². The number of ether oxygens (including phenoxy) is 1. The van der Waals surface area contributed by atoms with Crippen LogP contribution in [0.4, 0.5) is 0 Å². The molecule has 0 atom stereocenters. The fourth-order valence-corrected chi connectivity index (χ4v) is 2.34. The van der Waals surface area contributed by atoms with Gasteiger partial charge in [-0.05, 0) is 12.1 Å². The second kappa shape index (κ2) is 5.57. The number of rotatable bonds is 5. The van der Waals surface area contributed by atoms with Gasteiger partial charge in [0.1, 0.15) is 16.4 Å². The molecule has 21 heavy (non-hydrogen) atoms. The van der Waals surface area contributed by atoms with Crippen LogP contribution in [0.15, 0.2) is 41.1 Å². The zero-order valence-electron chi connectivity index (χ0n) is 11.6. The number of nitrogens with zero attached hydrogens (tertiary/aromatic N) is 2. The highest BCUT2D eigenvalue weighted by Crippen LogP contribution is 2.33. The standard InChI is InChI=1S/C15H15N3O2S/c1-18-8-7-17-12(18)6-9-19-13-10-4-2-3-5-11(10)20-14(13)15(16)21/h2-5,7-8H,6,9H2,1H3,(H2,16,21). The predicted octanol–water partition coefficient (Wildman–Crippen LogP) is 2.42. The van der Waals surface area contributed by atoms with E-state index in [1.165, 1.54) is 0 Å². The van der Waals surface area contributed by atoms with Gasteiger partial charge in [-0.2, -0.15) is 0 Å². The molecule has 6 heteroatoms. The summed E-state index contributed by atoms with van der Waals surface area (Å²) < 4.78 is 13.5. The molecule has 0 aliphatic rings. The van der Waals surface area contributed by atoms with E-state index in [-0.39, 0.29) is 4.99 Å². The Balaban J connectivity index is 1.84. The van der Waals surface area contributed by atoms with Crippen LogP contribution >= 0.6 is 12.2 Å². The molecular formula is C15H15N3O2S. The molecule has 2 N–H and O–H groups in total. The van der Waals surface area contributed by atoms with Gasteiger partial charge in [0.25, 0.3) is 0 Å². The average molecular weight is 301 g/mol.